The lowest BCUT2D eigenvalue weighted by molar-refractivity contribution is 0.0958. The molecule has 1 saturated carbocycles. The number of para-hydroxylation sites is 1. The van der Waals surface area contributed by atoms with Crippen molar-refractivity contribution in [2.75, 3.05) is 19.5 Å². The number of carbonyl (C=O) groups excluding carboxylic acids is 1. The van der Waals surface area contributed by atoms with E-state index in [9.17, 15) is 4.79 Å². The van der Waals surface area contributed by atoms with Gasteiger partial charge in [0.05, 0.1) is 24.0 Å². The Balaban J connectivity index is 1.76. The van der Waals surface area contributed by atoms with Gasteiger partial charge in [0.1, 0.15) is 12.2 Å². The van der Waals surface area contributed by atoms with Crippen molar-refractivity contribution in [2.45, 2.75) is 12.8 Å². The maximum absolute atomic E-state index is 12.4. The predicted molar refractivity (Wildman–Crippen MR) is 120 cm³/mol. The molecule has 3 N–H and O–H groups in total. The molecule has 33 heavy (non-hydrogen) atoms. The number of nitrogens with one attached hydrogen (secondary N) is 3. The molecule has 2 aromatic heterocycles. The van der Waals surface area contributed by atoms with Crippen molar-refractivity contribution in [3.63, 3.8) is 0 Å². The SMILES string of the molecule is CNC(=O)c1nnc(N=C(NC#N)C2CC2)cc1Nc1cccc(-c2ncn(C)n2)c1OC. The van der Waals surface area contributed by atoms with Crippen molar-refractivity contribution in [2.24, 2.45) is 18.0 Å². The van der Waals surface area contributed by atoms with Crippen molar-refractivity contribution in [1.29, 1.82) is 5.26 Å². The molecule has 12 nitrogen and oxygen atoms in total. The Bertz CT molecular complexity index is 1260. The summed E-state index contributed by atoms with van der Waals surface area (Å²) >= 11 is 0. The van der Waals surface area contributed by atoms with Gasteiger partial charge in [0.2, 0.25) is 0 Å². The van der Waals surface area contributed by atoms with Crippen molar-refractivity contribution in [1.82, 2.24) is 35.6 Å². The predicted octanol–water partition coefficient (Wildman–Crippen LogP) is 1.89. The number of aliphatic imine (C=N–C) groups is 1. The number of nitrogens with zero attached hydrogens (tertiary/aromatic N) is 7. The lowest BCUT2D eigenvalue weighted by Gasteiger charge is -2.15. The van der Waals surface area contributed by atoms with Gasteiger partial charge in [-0.25, -0.2) is 9.98 Å². The van der Waals surface area contributed by atoms with Gasteiger partial charge in [0.25, 0.3) is 5.91 Å². The van der Waals surface area contributed by atoms with Crippen molar-refractivity contribution >= 4 is 28.9 Å². The van der Waals surface area contributed by atoms with Gasteiger partial charge in [0.15, 0.2) is 29.3 Å². The van der Waals surface area contributed by atoms with Crippen LogP contribution < -0.4 is 20.7 Å². The van der Waals surface area contributed by atoms with Gasteiger partial charge in [-0.1, -0.05) is 6.07 Å². The van der Waals surface area contributed by atoms with Gasteiger partial charge < -0.3 is 15.4 Å². The molecular formula is C21H22N10O2. The van der Waals surface area contributed by atoms with Crippen LogP contribution in [0.1, 0.15) is 23.3 Å². The average Bonchev–Trinajstić information content (AvgIpc) is 3.58. The van der Waals surface area contributed by atoms with Gasteiger partial charge in [-0.2, -0.15) is 10.4 Å². The number of methoxy groups -OCH3 is 1. The number of benzene rings is 1. The average molecular weight is 446 g/mol. The van der Waals surface area contributed by atoms with Crippen LogP contribution in [-0.4, -0.2) is 50.9 Å². The minimum absolute atomic E-state index is 0.0843. The Morgan fingerprint density at radius 3 is 2.76 bits per heavy atom. The van der Waals surface area contributed by atoms with E-state index >= 15 is 0 Å². The molecule has 1 aromatic carbocycles. The highest BCUT2D eigenvalue weighted by Gasteiger charge is 2.28. The van der Waals surface area contributed by atoms with E-state index < -0.39 is 5.91 Å². The molecule has 0 atom stereocenters. The maximum atomic E-state index is 12.4. The van der Waals surface area contributed by atoms with E-state index in [4.69, 9.17) is 10.00 Å². The second-order valence-corrected chi connectivity index (χ2v) is 7.31. The van der Waals surface area contributed by atoms with Crippen LogP contribution in [0.5, 0.6) is 5.75 Å². The molecule has 1 aliphatic carbocycles. The van der Waals surface area contributed by atoms with Crippen molar-refractivity contribution in [3.8, 4) is 23.3 Å². The fourth-order valence-electron chi connectivity index (χ4n) is 3.22. The third kappa shape index (κ3) is 4.72. The second-order valence-electron chi connectivity index (χ2n) is 7.31. The van der Waals surface area contributed by atoms with Crippen LogP contribution in [0.4, 0.5) is 17.2 Å². The first-order valence-electron chi connectivity index (χ1n) is 10.2. The summed E-state index contributed by atoms with van der Waals surface area (Å²) in [6.45, 7) is 0. The first-order chi connectivity index (χ1) is 16.0. The largest absolute Gasteiger partial charge is 0.494 e. The smallest absolute Gasteiger partial charge is 0.273 e. The molecule has 168 valence electrons. The molecule has 1 fully saturated rings. The van der Waals surface area contributed by atoms with E-state index in [-0.39, 0.29) is 17.4 Å². The third-order valence-corrected chi connectivity index (χ3v) is 4.94. The van der Waals surface area contributed by atoms with Crippen LogP contribution in [0.2, 0.25) is 0 Å². The quantitative estimate of drug-likeness (QED) is 0.213. The van der Waals surface area contributed by atoms with Gasteiger partial charge in [-0.15, -0.1) is 10.2 Å². The highest BCUT2D eigenvalue weighted by molar-refractivity contribution is 5.99. The van der Waals surface area contributed by atoms with Crippen LogP contribution in [0, 0.1) is 17.4 Å². The fraction of sp³-hybridized carbons (Fsp3) is 0.286. The van der Waals surface area contributed by atoms with Crippen LogP contribution >= 0.6 is 0 Å². The van der Waals surface area contributed by atoms with E-state index in [2.05, 4.69) is 41.2 Å². The fourth-order valence-corrected chi connectivity index (χ4v) is 3.22. The molecule has 2 heterocycles. The second kappa shape index (κ2) is 9.31. The summed E-state index contributed by atoms with van der Waals surface area (Å²) in [7, 11) is 4.83. The molecule has 0 spiro atoms. The molecule has 1 amide bonds. The number of aryl methyl sites for hydroxylation is 1. The topological polar surface area (TPSA) is 155 Å². The molecule has 1 aliphatic rings. The van der Waals surface area contributed by atoms with E-state index in [0.717, 1.165) is 12.8 Å². The normalized spacial score (nSPS) is 13.2. The van der Waals surface area contributed by atoms with Crippen molar-refractivity contribution < 1.29 is 9.53 Å². The number of anilines is 2. The Morgan fingerprint density at radius 2 is 2.12 bits per heavy atom. The summed E-state index contributed by atoms with van der Waals surface area (Å²) in [6.07, 6.45) is 5.41. The van der Waals surface area contributed by atoms with E-state index in [1.807, 2.05) is 18.3 Å². The number of amides is 1. The molecule has 4 rings (SSSR count). The number of hydrogen-bond donors (Lipinski definition) is 3. The van der Waals surface area contributed by atoms with E-state index in [1.165, 1.54) is 7.05 Å². The first kappa shape index (κ1) is 21.7. The first-order valence-corrected chi connectivity index (χ1v) is 10.2. The highest BCUT2D eigenvalue weighted by atomic mass is 16.5. The number of carbonyl (C=O) groups is 1. The number of hydrogen-bond acceptors (Lipinski definition) is 9. The summed E-state index contributed by atoms with van der Waals surface area (Å²) < 4.78 is 7.24. The summed E-state index contributed by atoms with van der Waals surface area (Å²) in [6, 6.07) is 7.07. The summed E-state index contributed by atoms with van der Waals surface area (Å²) in [5, 5.41) is 29.8. The molecule has 0 bridgehead atoms. The molecule has 3 aromatic rings. The Kier molecular flexibility index (Phi) is 6.12. The standard InChI is InChI=1S/C21H22N10O2/c1-23-21(32)17-15(9-16(28-29-17)27-19(24-10-22)12-7-8-12)26-14-6-4-5-13(18(14)33-3)20-25-11-31(2)30-20/h4-6,9,11-12H,7-8H2,1-3H3,(H,23,32)(H2,24,26,27,28). The van der Waals surface area contributed by atoms with E-state index in [0.29, 0.717) is 34.3 Å². The minimum atomic E-state index is -0.417. The van der Waals surface area contributed by atoms with Gasteiger partial charge in [-0.05, 0) is 25.0 Å². The Hall–Kier alpha value is -4.53. The number of nitriles is 1. The molecule has 12 heteroatoms. The number of aromatic nitrogens is 5. The van der Waals surface area contributed by atoms with Crippen LogP contribution in [0.15, 0.2) is 35.6 Å². The number of amidine groups is 1. The van der Waals surface area contributed by atoms with Crippen LogP contribution in [0.25, 0.3) is 11.4 Å². The molecule has 0 radical (unpaired) electrons. The molecular weight excluding hydrogens is 424 g/mol. The zero-order valence-corrected chi connectivity index (χ0v) is 18.3. The van der Waals surface area contributed by atoms with Gasteiger partial charge in [0, 0.05) is 26.1 Å². The highest BCUT2D eigenvalue weighted by Crippen LogP contribution is 2.37. The summed E-state index contributed by atoms with van der Waals surface area (Å²) in [4.78, 5) is 21.2. The monoisotopic (exact) mass is 446 g/mol. The molecule has 0 saturated heterocycles. The third-order valence-electron chi connectivity index (χ3n) is 4.94. The summed E-state index contributed by atoms with van der Waals surface area (Å²) in [5.74, 6) is 1.57. The van der Waals surface area contributed by atoms with Crippen molar-refractivity contribution in [3.05, 3.63) is 36.3 Å². The minimum Gasteiger partial charge on any atom is -0.494 e. The number of ether oxygens (including phenoxy) is 1. The van der Waals surface area contributed by atoms with Gasteiger partial charge in [-0.3, -0.25) is 14.8 Å². The number of rotatable bonds is 7. The van der Waals surface area contributed by atoms with Gasteiger partial charge >= 0.3 is 0 Å². The summed E-state index contributed by atoms with van der Waals surface area (Å²) in [5.41, 5.74) is 1.72. The zero-order chi connectivity index (χ0) is 23.4. The van der Waals surface area contributed by atoms with Crippen LogP contribution in [-0.2, 0) is 7.05 Å². The molecule has 0 unspecified atom stereocenters. The Morgan fingerprint density at radius 1 is 1.30 bits per heavy atom. The molecule has 0 aliphatic heterocycles. The van der Waals surface area contributed by atoms with E-state index in [1.54, 1.807) is 37.3 Å². The van der Waals surface area contributed by atoms with Crippen LogP contribution in [0.3, 0.4) is 0 Å². The lowest BCUT2D eigenvalue weighted by atomic mass is 10.1. The Labute approximate surface area is 189 Å². The zero-order valence-electron chi connectivity index (χ0n) is 18.3. The maximum Gasteiger partial charge on any atom is 0.273 e. The lowest BCUT2D eigenvalue weighted by Crippen LogP contribution is -2.22.